The van der Waals surface area contributed by atoms with Gasteiger partial charge in [-0.15, -0.1) is 0 Å². The average molecular weight is 593 g/mol. The molecular formula is C34H32N4O6. The monoisotopic (exact) mass is 592 g/mol. The van der Waals surface area contributed by atoms with E-state index >= 15 is 0 Å². The number of nitrogens with one attached hydrogen (secondary N) is 2. The molecule has 2 heterocycles. The van der Waals surface area contributed by atoms with Gasteiger partial charge in [0.25, 0.3) is 23.6 Å². The Kier molecular flexibility index (Phi) is 8.10. The molecule has 10 heteroatoms. The summed E-state index contributed by atoms with van der Waals surface area (Å²) in [6, 6.07) is 21.6. The molecule has 4 amide bonds. The Labute approximate surface area is 254 Å². The number of methoxy groups -OCH3 is 2. The second kappa shape index (κ2) is 12.3. The SMILES string of the molecule is COc1ccccc1CNCCN1C(=O)c2ccc3c4c(ccc(c24)C1=O)C(=O)N(CCNCc1ccccc1OC)C3=O. The highest BCUT2D eigenvalue weighted by Gasteiger charge is 2.39. The number of nitrogens with zero attached hydrogens (tertiary/aromatic N) is 2. The van der Waals surface area contributed by atoms with Gasteiger partial charge in [-0.3, -0.25) is 29.0 Å². The number of rotatable bonds is 12. The van der Waals surface area contributed by atoms with Crippen LogP contribution in [-0.4, -0.2) is 73.8 Å². The van der Waals surface area contributed by atoms with Gasteiger partial charge >= 0.3 is 0 Å². The van der Waals surface area contributed by atoms with Crippen LogP contribution in [0.15, 0.2) is 72.8 Å². The average Bonchev–Trinajstić information content (AvgIpc) is 3.05. The van der Waals surface area contributed by atoms with Crippen LogP contribution in [0.1, 0.15) is 52.6 Å². The third kappa shape index (κ3) is 5.08. The topological polar surface area (TPSA) is 117 Å². The fourth-order valence-corrected chi connectivity index (χ4v) is 5.91. The predicted octanol–water partition coefficient (Wildman–Crippen LogP) is 3.63. The van der Waals surface area contributed by atoms with Gasteiger partial charge in [0.15, 0.2) is 0 Å². The second-order valence-corrected chi connectivity index (χ2v) is 10.6. The molecular weight excluding hydrogens is 560 g/mol. The van der Waals surface area contributed by atoms with E-state index in [0.29, 0.717) is 59.2 Å². The molecule has 2 N–H and O–H groups in total. The fraction of sp³-hybridized carbons (Fsp3) is 0.235. The molecule has 4 aromatic rings. The van der Waals surface area contributed by atoms with Crippen LogP contribution in [0.2, 0.25) is 0 Å². The van der Waals surface area contributed by atoms with Crippen LogP contribution in [0.25, 0.3) is 10.8 Å². The van der Waals surface area contributed by atoms with Crippen molar-refractivity contribution in [2.45, 2.75) is 13.1 Å². The summed E-state index contributed by atoms with van der Waals surface area (Å²) in [6.45, 7) is 2.09. The third-order valence-corrected chi connectivity index (χ3v) is 8.10. The normalized spacial score (nSPS) is 14.0. The van der Waals surface area contributed by atoms with E-state index < -0.39 is 23.6 Å². The minimum absolute atomic E-state index is 0.157. The highest BCUT2D eigenvalue weighted by atomic mass is 16.5. The van der Waals surface area contributed by atoms with Gasteiger partial charge in [0.05, 0.1) is 14.2 Å². The lowest BCUT2D eigenvalue weighted by Gasteiger charge is -2.32. The highest BCUT2D eigenvalue weighted by Crippen LogP contribution is 2.37. The second-order valence-electron chi connectivity index (χ2n) is 10.6. The van der Waals surface area contributed by atoms with Crippen molar-refractivity contribution in [2.24, 2.45) is 0 Å². The number of hydrogen-bond donors (Lipinski definition) is 2. The Morgan fingerprint density at radius 3 is 1.20 bits per heavy atom. The molecule has 0 unspecified atom stereocenters. The molecule has 0 aliphatic carbocycles. The largest absolute Gasteiger partial charge is 0.496 e. The Hall–Kier alpha value is -5.06. The van der Waals surface area contributed by atoms with E-state index in [-0.39, 0.29) is 13.1 Å². The number of para-hydroxylation sites is 2. The molecule has 2 aliphatic rings. The zero-order valence-corrected chi connectivity index (χ0v) is 24.5. The van der Waals surface area contributed by atoms with Crippen molar-refractivity contribution >= 4 is 34.4 Å². The number of carbonyl (C=O) groups is 4. The third-order valence-electron chi connectivity index (χ3n) is 8.10. The summed E-state index contributed by atoms with van der Waals surface area (Å²) in [5, 5.41) is 7.27. The summed E-state index contributed by atoms with van der Waals surface area (Å²) in [4.78, 5) is 56.5. The van der Waals surface area contributed by atoms with E-state index in [0.717, 1.165) is 22.6 Å². The van der Waals surface area contributed by atoms with E-state index in [1.807, 2.05) is 48.5 Å². The number of hydrogen-bond acceptors (Lipinski definition) is 8. The molecule has 2 aliphatic heterocycles. The summed E-state index contributed by atoms with van der Waals surface area (Å²) < 4.78 is 10.8. The molecule has 0 radical (unpaired) electrons. The molecule has 0 bridgehead atoms. The van der Waals surface area contributed by atoms with E-state index in [2.05, 4.69) is 10.6 Å². The molecule has 0 fully saturated rings. The number of carbonyl (C=O) groups excluding carboxylic acids is 4. The standard InChI is InChI=1S/C34H32N4O6/c1-43-27-9-5-3-7-21(27)19-35-15-17-37-31(39)23-11-13-25-30-26(14-12-24(29(23)30)32(37)40)34(42)38(33(25)41)18-16-36-20-22-8-4-6-10-28(22)44-2/h3-14,35-36H,15-20H2,1-2H3. The smallest absolute Gasteiger partial charge is 0.261 e. The Morgan fingerprint density at radius 1 is 0.523 bits per heavy atom. The summed E-state index contributed by atoms with van der Waals surface area (Å²) in [6.07, 6.45) is 0. The zero-order chi connectivity index (χ0) is 30.8. The van der Waals surface area contributed by atoms with Gasteiger partial charge in [0, 0.05) is 83.4 Å². The van der Waals surface area contributed by atoms with Crippen LogP contribution in [0.5, 0.6) is 11.5 Å². The van der Waals surface area contributed by atoms with Crippen molar-refractivity contribution < 1.29 is 28.7 Å². The molecule has 224 valence electrons. The molecule has 44 heavy (non-hydrogen) atoms. The van der Waals surface area contributed by atoms with Crippen molar-refractivity contribution in [1.82, 2.24) is 20.4 Å². The summed E-state index contributed by atoms with van der Waals surface area (Å²) in [7, 11) is 3.22. The summed E-state index contributed by atoms with van der Waals surface area (Å²) in [5.41, 5.74) is 3.14. The van der Waals surface area contributed by atoms with Gasteiger partial charge in [-0.05, 0) is 36.4 Å². The van der Waals surface area contributed by atoms with Crippen molar-refractivity contribution in [3.8, 4) is 11.5 Å². The highest BCUT2D eigenvalue weighted by molar-refractivity contribution is 6.33. The van der Waals surface area contributed by atoms with Crippen LogP contribution in [-0.2, 0) is 13.1 Å². The number of benzene rings is 4. The molecule has 0 aromatic heterocycles. The lowest BCUT2D eigenvalue weighted by atomic mass is 9.86. The van der Waals surface area contributed by atoms with Crippen molar-refractivity contribution in [3.05, 3.63) is 106 Å². The van der Waals surface area contributed by atoms with Crippen LogP contribution in [0.3, 0.4) is 0 Å². The maximum atomic E-state index is 13.5. The van der Waals surface area contributed by atoms with E-state index in [4.69, 9.17) is 9.47 Å². The van der Waals surface area contributed by atoms with Gasteiger partial charge in [0.1, 0.15) is 11.5 Å². The number of ether oxygens (including phenoxy) is 2. The maximum Gasteiger partial charge on any atom is 0.261 e. The van der Waals surface area contributed by atoms with Gasteiger partial charge in [-0.25, -0.2) is 0 Å². The van der Waals surface area contributed by atoms with Crippen molar-refractivity contribution in [1.29, 1.82) is 0 Å². The summed E-state index contributed by atoms with van der Waals surface area (Å²) >= 11 is 0. The molecule has 4 aromatic carbocycles. The van der Waals surface area contributed by atoms with Crippen LogP contribution >= 0.6 is 0 Å². The minimum atomic E-state index is -0.451. The quantitative estimate of drug-likeness (QED) is 0.189. The predicted molar refractivity (Wildman–Crippen MR) is 164 cm³/mol. The lowest BCUT2D eigenvalue weighted by Crippen LogP contribution is -2.46. The van der Waals surface area contributed by atoms with E-state index in [9.17, 15) is 19.2 Å². The lowest BCUT2D eigenvalue weighted by molar-refractivity contribution is 0.0590. The Bertz CT molecular complexity index is 1600. The van der Waals surface area contributed by atoms with E-state index in [1.165, 1.54) is 9.80 Å². The van der Waals surface area contributed by atoms with Gasteiger partial charge in [0.2, 0.25) is 0 Å². The Balaban J connectivity index is 1.17. The maximum absolute atomic E-state index is 13.5. The first-order chi connectivity index (χ1) is 21.4. The first-order valence-electron chi connectivity index (χ1n) is 14.4. The van der Waals surface area contributed by atoms with Crippen molar-refractivity contribution in [3.63, 3.8) is 0 Å². The fourth-order valence-electron chi connectivity index (χ4n) is 5.91. The van der Waals surface area contributed by atoms with Crippen LogP contribution < -0.4 is 20.1 Å². The molecule has 0 saturated carbocycles. The number of imide groups is 2. The zero-order valence-electron chi connectivity index (χ0n) is 24.5. The first-order valence-corrected chi connectivity index (χ1v) is 14.4. The summed E-state index contributed by atoms with van der Waals surface area (Å²) in [5.74, 6) is -0.293. The van der Waals surface area contributed by atoms with Crippen LogP contribution in [0, 0.1) is 0 Å². The minimum Gasteiger partial charge on any atom is -0.496 e. The van der Waals surface area contributed by atoms with E-state index in [1.54, 1.807) is 38.5 Å². The van der Waals surface area contributed by atoms with Gasteiger partial charge in [-0.2, -0.15) is 0 Å². The van der Waals surface area contributed by atoms with Crippen molar-refractivity contribution in [2.75, 3.05) is 40.4 Å². The number of amides is 4. The molecule has 10 nitrogen and oxygen atoms in total. The molecule has 0 saturated heterocycles. The van der Waals surface area contributed by atoms with Crippen LogP contribution in [0.4, 0.5) is 0 Å². The molecule has 6 rings (SSSR count). The molecule has 0 atom stereocenters. The molecule has 0 spiro atoms. The first kappa shape index (κ1) is 29.0. The van der Waals surface area contributed by atoms with Gasteiger partial charge in [-0.1, -0.05) is 36.4 Å². The Morgan fingerprint density at radius 2 is 0.864 bits per heavy atom. The van der Waals surface area contributed by atoms with Gasteiger partial charge < -0.3 is 20.1 Å².